The Bertz CT molecular complexity index is 535. The maximum absolute atomic E-state index is 12.1. The molecule has 0 aromatic heterocycles. The molecule has 0 saturated heterocycles. The Balaban J connectivity index is 2.81. The molecular formula is C12H16N2O3S2. The zero-order chi connectivity index (χ0) is 14.3. The van der Waals surface area contributed by atoms with Crippen LogP contribution in [0.15, 0.2) is 29.2 Å². The monoisotopic (exact) mass is 300 g/mol. The van der Waals surface area contributed by atoms with Crippen LogP contribution in [0.5, 0.6) is 0 Å². The molecule has 104 valence electrons. The van der Waals surface area contributed by atoms with Gasteiger partial charge in [0, 0.05) is 6.04 Å². The van der Waals surface area contributed by atoms with Crippen molar-refractivity contribution in [2.45, 2.75) is 17.4 Å². The van der Waals surface area contributed by atoms with Crippen molar-refractivity contribution < 1.29 is 13.5 Å². The van der Waals surface area contributed by atoms with Crippen LogP contribution in [0.1, 0.15) is 12.0 Å². The number of nitrogens with one attached hydrogen (secondary N) is 1. The lowest BCUT2D eigenvalue weighted by atomic mass is 10.2. The Labute approximate surface area is 117 Å². The number of nitrogens with zero attached hydrogens (tertiary/aromatic N) is 1. The van der Waals surface area contributed by atoms with E-state index in [9.17, 15) is 8.42 Å². The van der Waals surface area contributed by atoms with Crippen LogP contribution in [0, 0.1) is 11.3 Å². The number of hydrogen-bond donors (Lipinski definition) is 2. The first kappa shape index (κ1) is 16.0. The number of rotatable bonds is 7. The van der Waals surface area contributed by atoms with Crippen molar-refractivity contribution >= 4 is 21.8 Å². The van der Waals surface area contributed by atoms with E-state index in [1.165, 1.54) is 24.3 Å². The van der Waals surface area contributed by atoms with Crippen molar-refractivity contribution in [2.24, 2.45) is 0 Å². The van der Waals surface area contributed by atoms with Gasteiger partial charge in [-0.15, -0.1) is 0 Å². The van der Waals surface area contributed by atoms with E-state index >= 15 is 0 Å². The molecule has 1 unspecified atom stereocenters. The standard InChI is InChI=1S/C12H16N2O3S2/c1-18-7-6-11(9-15)14-19(16,17)12-4-2-10(8-13)3-5-12/h2-5,11,14-15H,6-7,9H2,1H3. The molecule has 0 amide bonds. The fourth-order valence-electron chi connectivity index (χ4n) is 1.44. The van der Waals surface area contributed by atoms with Gasteiger partial charge >= 0.3 is 0 Å². The fourth-order valence-corrected chi connectivity index (χ4v) is 3.23. The minimum Gasteiger partial charge on any atom is -0.395 e. The van der Waals surface area contributed by atoms with E-state index in [0.717, 1.165) is 5.75 Å². The van der Waals surface area contributed by atoms with Crippen LogP contribution in [0.2, 0.25) is 0 Å². The maximum atomic E-state index is 12.1. The topological polar surface area (TPSA) is 90.2 Å². The molecule has 5 nitrogen and oxygen atoms in total. The molecule has 0 bridgehead atoms. The molecule has 0 fully saturated rings. The van der Waals surface area contributed by atoms with Gasteiger partial charge in [-0.2, -0.15) is 17.0 Å². The van der Waals surface area contributed by atoms with E-state index in [4.69, 9.17) is 10.4 Å². The summed E-state index contributed by atoms with van der Waals surface area (Å²) < 4.78 is 26.6. The average molecular weight is 300 g/mol. The van der Waals surface area contributed by atoms with Crippen molar-refractivity contribution in [3.8, 4) is 6.07 Å². The second-order valence-corrected chi connectivity index (χ2v) is 6.62. The third-order valence-electron chi connectivity index (χ3n) is 2.51. The molecule has 7 heteroatoms. The quantitative estimate of drug-likeness (QED) is 0.782. The lowest BCUT2D eigenvalue weighted by molar-refractivity contribution is 0.254. The van der Waals surface area contributed by atoms with Crippen molar-refractivity contribution in [2.75, 3.05) is 18.6 Å². The lowest BCUT2D eigenvalue weighted by Gasteiger charge is -2.15. The minimum atomic E-state index is -3.66. The van der Waals surface area contributed by atoms with Crippen molar-refractivity contribution in [1.82, 2.24) is 4.72 Å². The molecule has 0 heterocycles. The molecule has 0 aliphatic carbocycles. The predicted molar refractivity (Wildman–Crippen MR) is 75.4 cm³/mol. The lowest BCUT2D eigenvalue weighted by Crippen LogP contribution is -2.37. The van der Waals surface area contributed by atoms with Crippen molar-refractivity contribution in [1.29, 1.82) is 5.26 Å². The second-order valence-electron chi connectivity index (χ2n) is 3.92. The molecule has 0 saturated carbocycles. The molecule has 1 rings (SSSR count). The molecule has 0 spiro atoms. The number of aliphatic hydroxyl groups is 1. The van der Waals surface area contributed by atoms with Gasteiger partial charge < -0.3 is 5.11 Å². The largest absolute Gasteiger partial charge is 0.395 e. The summed E-state index contributed by atoms with van der Waals surface area (Å²) in [5.41, 5.74) is 0.403. The van der Waals surface area contributed by atoms with Gasteiger partial charge in [0.15, 0.2) is 0 Å². The first-order valence-corrected chi connectivity index (χ1v) is 8.53. The Hall–Kier alpha value is -1.07. The van der Waals surface area contributed by atoms with Crippen LogP contribution in [0.3, 0.4) is 0 Å². The van der Waals surface area contributed by atoms with E-state index in [1.807, 2.05) is 12.3 Å². The van der Waals surface area contributed by atoms with E-state index in [1.54, 1.807) is 11.8 Å². The van der Waals surface area contributed by atoms with Gasteiger partial charge in [-0.3, -0.25) is 0 Å². The van der Waals surface area contributed by atoms with Crippen molar-refractivity contribution in [3.05, 3.63) is 29.8 Å². The molecule has 19 heavy (non-hydrogen) atoms. The molecule has 2 N–H and O–H groups in total. The Morgan fingerprint density at radius 3 is 2.53 bits per heavy atom. The van der Waals surface area contributed by atoms with Gasteiger partial charge in [-0.05, 0) is 42.7 Å². The minimum absolute atomic E-state index is 0.0918. The molecule has 1 aromatic carbocycles. The fraction of sp³-hybridized carbons (Fsp3) is 0.417. The number of thioether (sulfide) groups is 1. The summed E-state index contributed by atoms with van der Waals surface area (Å²) in [5.74, 6) is 0.765. The SMILES string of the molecule is CSCCC(CO)NS(=O)(=O)c1ccc(C#N)cc1. The highest BCUT2D eigenvalue weighted by atomic mass is 32.2. The normalized spacial score (nSPS) is 12.9. The van der Waals surface area contributed by atoms with Gasteiger partial charge in [0.1, 0.15) is 0 Å². The summed E-state index contributed by atoms with van der Waals surface area (Å²) in [4.78, 5) is 0.0918. The van der Waals surface area contributed by atoms with E-state index < -0.39 is 16.1 Å². The zero-order valence-corrected chi connectivity index (χ0v) is 12.2. The molecule has 0 aliphatic heterocycles. The smallest absolute Gasteiger partial charge is 0.240 e. The summed E-state index contributed by atoms with van der Waals surface area (Å²) in [6.07, 6.45) is 2.48. The first-order chi connectivity index (χ1) is 9.03. The third-order valence-corrected chi connectivity index (χ3v) is 4.69. The highest BCUT2D eigenvalue weighted by Crippen LogP contribution is 2.12. The van der Waals surface area contributed by atoms with Gasteiger partial charge in [-0.1, -0.05) is 0 Å². The van der Waals surface area contributed by atoms with E-state index in [2.05, 4.69) is 4.72 Å². The average Bonchev–Trinajstić information content (AvgIpc) is 2.43. The first-order valence-electron chi connectivity index (χ1n) is 5.65. The molecule has 1 aromatic rings. The molecule has 0 radical (unpaired) electrons. The molecular weight excluding hydrogens is 284 g/mol. The molecule has 1 atom stereocenters. The number of hydrogen-bond acceptors (Lipinski definition) is 5. The Morgan fingerprint density at radius 2 is 2.05 bits per heavy atom. The van der Waals surface area contributed by atoms with E-state index in [-0.39, 0.29) is 11.5 Å². The Kier molecular flexibility index (Phi) is 6.31. The summed E-state index contributed by atoms with van der Waals surface area (Å²) in [7, 11) is -3.66. The van der Waals surface area contributed by atoms with Crippen LogP contribution >= 0.6 is 11.8 Å². The third kappa shape index (κ3) is 4.84. The summed E-state index contributed by atoms with van der Waals surface area (Å²) in [6, 6.07) is 7.09. The Morgan fingerprint density at radius 1 is 1.42 bits per heavy atom. The van der Waals surface area contributed by atoms with E-state index in [0.29, 0.717) is 12.0 Å². The molecule has 0 aliphatic rings. The second kappa shape index (κ2) is 7.50. The summed E-state index contributed by atoms with van der Waals surface area (Å²) in [5, 5.41) is 17.8. The summed E-state index contributed by atoms with van der Waals surface area (Å²) in [6.45, 7) is -0.240. The number of sulfonamides is 1. The van der Waals surface area contributed by atoms with Crippen molar-refractivity contribution in [3.63, 3.8) is 0 Å². The highest BCUT2D eigenvalue weighted by molar-refractivity contribution is 7.98. The summed E-state index contributed by atoms with van der Waals surface area (Å²) >= 11 is 1.59. The van der Waals surface area contributed by atoms with Gasteiger partial charge in [0.25, 0.3) is 0 Å². The maximum Gasteiger partial charge on any atom is 0.240 e. The van der Waals surface area contributed by atoms with Crippen LogP contribution in [-0.2, 0) is 10.0 Å². The van der Waals surface area contributed by atoms with Gasteiger partial charge in [0.05, 0.1) is 23.1 Å². The highest BCUT2D eigenvalue weighted by Gasteiger charge is 2.19. The van der Waals surface area contributed by atoms with Crippen LogP contribution in [0.25, 0.3) is 0 Å². The number of aliphatic hydroxyl groups excluding tert-OH is 1. The van der Waals surface area contributed by atoms with Gasteiger partial charge in [-0.25, -0.2) is 13.1 Å². The zero-order valence-electron chi connectivity index (χ0n) is 10.5. The van der Waals surface area contributed by atoms with Crippen LogP contribution in [-0.4, -0.2) is 38.2 Å². The number of benzene rings is 1. The van der Waals surface area contributed by atoms with Crippen LogP contribution in [0.4, 0.5) is 0 Å². The predicted octanol–water partition coefficient (Wildman–Crippen LogP) is 0.951. The number of nitriles is 1. The van der Waals surface area contributed by atoms with Crippen LogP contribution < -0.4 is 4.72 Å². The van der Waals surface area contributed by atoms with Gasteiger partial charge in [0.2, 0.25) is 10.0 Å².